The average molecular weight is 473 g/mol. The monoisotopic (exact) mass is 472 g/mol. The number of halogens is 2. The zero-order valence-electron chi connectivity index (χ0n) is 18.5. The van der Waals surface area contributed by atoms with E-state index < -0.39 is 0 Å². The maximum atomic E-state index is 10.0. The largest absolute Gasteiger partial charge is 0.457 e. The first-order valence-corrected chi connectivity index (χ1v) is 11.3. The smallest absolute Gasteiger partial charge is 0.130 e. The van der Waals surface area contributed by atoms with Crippen LogP contribution < -0.4 is 4.74 Å². The van der Waals surface area contributed by atoms with Crippen molar-refractivity contribution in [1.29, 1.82) is 0 Å². The van der Waals surface area contributed by atoms with Gasteiger partial charge in [-0.1, -0.05) is 55.8 Å². The second-order valence-electron chi connectivity index (χ2n) is 8.49. The Morgan fingerprint density at radius 3 is 2.69 bits per heavy atom. The molecule has 0 spiro atoms. The van der Waals surface area contributed by atoms with Crippen molar-refractivity contribution in [3.8, 4) is 11.5 Å². The SMILES string of the molecule is CC(C)c1ccccc1Oc1ccc(C2CCN(Cc3cccc(Cl)n3)C2)c(CO)c1.Cl. The van der Waals surface area contributed by atoms with Gasteiger partial charge in [0.15, 0.2) is 0 Å². The summed E-state index contributed by atoms with van der Waals surface area (Å²) < 4.78 is 6.20. The van der Waals surface area contributed by atoms with E-state index in [1.165, 1.54) is 11.1 Å². The summed E-state index contributed by atoms with van der Waals surface area (Å²) in [5.41, 5.74) is 4.31. The van der Waals surface area contributed by atoms with Crippen molar-refractivity contribution >= 4 is 24.0 Å². The molecule has 6 heteroatoms. The Bertz CT molecular complexity index is 1040. The zero-order chi connectivity index (χ0) is 21.8. The minimum Gasteiger partial charge on any atom is -0.457 e. The third-order valence-electron chi connectivity index (χ3n) is 5.92. The minimum absolute atomic E-state index is 0. The Balaban J connectivity index is 0.00000289. The van der Waals surface area contributed by atoms with Gasteiger partial charge in [0.1, 0.15) is 16.7 Å². The van der Waals surface area contributed by atoms with Crippen molar-refractivity contribution in [2.45, 2.75) is 45.3 Å². The van der Waals surface area contributed by atoms with E-state index in [-0.39, 0.29) is 19.0 Å². The summed E-state index contributed by atoms with van der Waals surface area (Å²) in [6.07, 6.45) is 1.06. The fourth-order valence-corrected chi connectivity index (χ4v) is 4.54. The summed E-state index contributed by atoms with van der Waals surface area (Å²) in [6.45, 7) is 7.06. The van der Waals surface area contributed by atoms with Gasteiger partial charge in [0, 0.05) is 13.1 Å². The highest BCUT2D eigenvalue weighted by molar-refractivity contribution is 6.29. The van der Waals surface area contributed by atoms with Crippen LogP contribution in [0.25, 0.3) is 0 Å². The fourth-order valence-electron chi connectivity index (χ4n) is 4.36. The molecule has 1 aliphatic rings. The van der Waals surface area contributed by atoms with Crippen LogP contribution in [-0.2, 0) is 13.2 Å². The third kappa shape index (κ3) is 5.81. The molecule has 2 heterocycles. The van der Waals surface area contributed by atoms with Crippen LogP contribution in [0.4, 0.5) is 0 Å². The summed E-state index contributed by atoms with van der Waals surface area (Å²) in [6, 6.07) is 20.0. The number of aliphatic hydroxyl groups is 1. The first-order valence-electron chi connectivity index (χ1n) is 10.9. The highest BCUT2D eigenvalue weighted by atomic mass is 35.5. The molecule has 32 heavy (non-hydrogen) atoms. The highest BCUT2D eigenvalue weighted by Crippen LogP contribution is 2.35. The molecule has 0 saturated carbocycles. The van der Waals surface area contributed by atoms with Crippen LogP contribution in [0, 0.1) is 0 Å². The Morgan fingerprint density at radius 2 is 1.94 bits per heavy atom. The molecule has 4 nitrogen and oxygen atoms in total. The Kier molecular flexibility index (Phi) is 8.55. The van der Waals surface area contributed by atoms with Crippen LogP contribution in [0.15, 0.2) is 60.7 Å². The third-order valence-corrected chi connectivity index (χ3v) is 6.13. The van der Waals surface area contributed by atoms with Gasteiger partial charge in [0.05, 0.1) is 12.3 Å². The zero-order valence-corrected chi connectivity index (χ0v) is 20.1. The van der Waals surface area contributed by atoms with Gasteiger partial charge in [-0.25, -0.2) is 4.98 Å². The molecule has 3 aromatic rings. The normalized spacial score (nSPS) is 16.2. The molecule has 1 atom stereocenters. The molecule has 1 aliphatic heterocycles. The van der Waals surface area contributed by atoms with Crippen LogP contribution in [0.1, 0.15) is 54.5 Å². The predicted molar refractivity (Wildman–Crippen MR) is 132 cm³/mol. The molecule has 1 saturated heterocycles. The van der Waals surface area contributed by atoms with Crippen LogP contribution in [0.3, 0.4) is 0 Å². The molecule has 0 aliphatic carbocycles. The Hall–Kier alpha value is -2.11. The van der Waals surface area contributed by atoms with Gasteiger partial charge in [0.25, 0.3) is 0 Å². The molecule has 0 bridgehead atoms. The van der Waals surface area contributed by atoms with E-state index in [4.69, 9.17) is 16.3 Å². The maximum absolute atomic E-state index is 10.0. The molecule has 1 aromatic heterocycles. The number of pyridine rings is 1. The van der Waals surface area contributed by atoms with Gasteiger partial charge in [-0.2, -0.15) is 0 Å². The van der Waals surface area contributed by atoms with Crippen molar-refractivity contribution < 1.29 is 9.84 Å². The minimum atomic E-state index is 0. The van der Waals surface area contributed by atoms with Crippen molar-refractivity contribution in [1.82, 2.24) is 9.88 Å². The van der Waals surface area contributed by atoms with Gasteiger partial charge in [0.2, 0.25) is 0 Å². The number of aromatic nitrogens is 1. The van der Waals surface area contributed by atoms with Gasteiger partial charge in [-0.15, -0.1) is 12.4 Å². The van der Waals surface area contributed by atoms with E-state index in [9.17, 15) is 5.11 Å². The lowest BCUT2D eigenvalue weighted by Gasteiger charge is -2.19. The first-order chi connectivity index (χ1) is 15.0. The van der Waals surface area contributed by atoms with E-state index in [1.807, 2.05) is 42.5 Å². The lowest BCUT2D eigenvalue weighted by molar-refractivity contribution is 0.278. The number of ether oxygens (including phenoxy) is 1. The molecule has 0 amide bonds. The lowest BCUT2D eigenvalue weighted by Crippen LogP contribution is -2.20. The molecule has 1 N–H and O–H groups in total. The lowest BCUT2D eigenvalue weighted by atomic mass is 9.93. The van der Waals surface area contributed by atoms with Crippen molar-refractivity contribution in [2.24, 2.45) is 0 Å². The number of nitrogens with zero attached hydrogens (tertiary/aromatic N) is 2. The quantitative estimate of drug-likeness (QED) is 0.395. The summed E-state index contributed by atoms with van der Waals surface area (Å²) in [5.74, 6) is 2.40. The van der Waals surface area contributed by atoms with Gasteiger partial charge in [-0.05, 0) is 71.8 Å². The van der Waals surface area contributed by atoms with E-state index in [0.29, 0.717) is 17.0 Å². The Morgan fingerprint density at radius 1 is 1.12 bits per heavy atom. The van der Waals surface area contributed by atoms with E-state index in [2.05, 4.69) is 35.9 Å². The second kappa shape index (κ2) is 11.2. The fraction of sp³-hybridized carbons (Fsp3) is 0.346. The number of para-hydroxylation sites is 1. The number of rotatable bonds is 7. The molecule has 2 aromatic carbocycles. The topological polar surface area (TPSA) is 45.6 Å². The number of benzene rings is 2. The highest BCUT2D eigenvalue weighted by Gasteiger charge is 2.26. The van der Waals surface area contributed by atoms with E-state index >= 15 is 0 Å². The van der Waals surface area contributed by atoms with Crippen LogP contribution in [-0.4, -0.2) is 28.1 Å². The number of aliphatic hydroxyl groups excluding tert-OH is 1. The second-order valence-corrected chi connectivity index (χ2v) is 8.87. The molecular weight excluding hydrogens is 443 g/mol. The standard InChI is InChI=1S/C26H29ClN2O2.ClH/c1-18(2)23-7-3-4-8-25(23)31-22-10-11-24(20(14-22)17-30)19-12-13-29(15-19)16-21-6-5-9-26(27)28-21;/h3-11,14,18-19,30H,12-13,15-17H2,1-2H3;1H. The molecule has 4 rings (SSSR count). The van der Waals surface area contributed by atoms with E-state index in [0.717, 1.165) is 48.8 Å². The average Bonchev–Trinajstić information content (AvgIpc) is 3.22. The van der Waals surface area contributed by atoms with E-state index in [1.54, 1.807) is 6.07 Å². The van der Waals surface area contributed by atoms with Gasteiger partial charge >= 0.3 is 0 Å². The first kappa shape index (κ1) is 24.5. The van der Waals surface area contributed by atoms with Crippen LogP contribution >= 0.6 is 24.0 Å². The molecule has 0 radical (unpaired) electrons. The predicted octanol–water partition coefficient (Wildman–Crippen LogP) is 6.55. The maximum Gasteiger partial charge on any atom is 0.130 e. The van der Waals surface area contributed by atoms with Crippen molar-refractivity contribution in [2.75, 3.05) is 13.1 Å². The van der Waals surface area contributed by atoms with Crippen LogP contribution in [0.2, 0.25) is 5.15 Å². The molecule has 1 unspecified atom stereocenters. The summed E-state index contributed by atoms with van der Waals surface area (Å²) in [4.78, 5) is 6.80. The van der Waals surface area contributed by atoms with Gasteiger partial charge in [-0.3, -0.25) is 4.90 Å². The number of hydrogen-bond acceptors (Lipinski definition) is 4. The molecule has 1 fully saturated rings. The Labute approximate surface area is 201 Å². The number of hydrogen-bond donors (Lipinski definition) is 1. The number of likely N-dealkylation sites (tertiary alicyclic amines) is 1. The summed E-state index contributed by atoms with van der Waals surface area (Å²) in [5, 5.41) is 10.6. The summed E-state index contributed by atoms with van der Waals surface area (Å²) in [7, 11) is 0. The summed E-state index contributed by atoms with van der Waals surface area (Å²) >= 11 is 6.02. The molecule has 170 valence electrons. The van der Waals surface area contributed by atoms with Crippen LogP contribution in [0.5, 0.6) is 11.5 Å². The van der Waals surface area contributed by atoms with Crippen molar-refractivity contribution in [3.05, 3.63) is 88.2 Å². The van der Waals surface area contributed by atoms with Gasteiger partial charge < -0.3 is 9.84 Å². The van der Waals surface area contributed by atoms with Crippen molar-refractivity contribution in [3.63, 3.8) is 0 Å². The molecular formula is C26H30Cl2N2O2.